The van der Waals surface area contributed by atoms with E-state index in [-0.39, 0.29) is 23.7 Å². The lowest BCUT2D eigenvalue weighted by atomic mass is 9.74. The van der Waals surface area contributed by atoms with Gasteiger partial charge in [-0.05, 0) is 76.0 Å². The number of hydrogen-bond acceptors (Lipinski definition) is 8. The Morgan fingerprint density at radius 2 is 2.02 bits per heavy atom. The number of carbonyl (C=O) groups is 1. The minimum atomic E-state index is -1.85. The first-order valence-corrected chi connectivity index (χ1v) is 14.1. The summed E-state index contributed by atoms with van der Waals surface area (Å²) >= 11 is 1.14. The molecule has 40 heavy (non-hydrogen) atoms. The van der Waals surface area contributed by atoms with E-state index in [1.165, 1.54) is 30.9 Å². The van der Waals surface area contributed by atoms with Crippen LogP contribution in [0.4, 0.5) is 0 Å². The van der Waals surface area contributed by atoms with Crippen LogP contribution in [0.5, 0.6) is 0 Å². The van der Waals surface area contributed by atoms with Gasteiger partial charge in [-0.15, -0.1) is 11.3 Å². The molecule has 3 aromatic heterocycles. The maximum Gasteiger partial charge on any atom is 0.333 e. The number of aliphatic hydroxyl groups excluding tert-OH is 1. The van der Waals surface area contributed by atoms with Gasteiger partial charge in [0.1, 0.15) is 16.6 Å². The minimum Gasteiger partial charge on any atom is -0.480 e. The quantitative estimate of drug-likeness (QED) is 0.302. The van der Waals surface area contributed by atoms with Gasteiger partial charge in [-0.3, -0.25) is 9.36 Å². The third-order valence-corrected chi connectivity index (χ3v) is 9.33. The first kappa shape index (κ1) is 28.0. The van der Waals surface area contributed by atoms with Crippen LogP contribution in [0.2, 0.25) is 0 Å². The van der Waals surface area contributed by atoms with E-state index >= 15 is 0 Å². The summed E-state index contributed by atoms with van der Waals surface area (Å²) in [5.41, 5.74) is -2.17. The maximum absolute atomic E-state index is 13.9. The molecule has 5 rings (SSSR count). The van der Waals surface area contributed by atoms with Gasteiger partial charge in [0.05, 0.1) is 34.7 Å². The van der Waals surface area contributed by atoms with Crippen LogP contribution in [-0.4, -0.2) is 41.0 Å². The van der Waals surface area contributed by atoms with Gasteiger partial charge in [0, 0.05) is 0 Å². The van der Waals surface area contributed by atoms with Crippen LogP contribution in [0.15, 0.2) is 50.7 Å². The van der Waals surface area contributed by atoms with E-state index in [0.717, 1.165) is 34.3 Å². The van der Waals surface area contributed by atoms with E-state index in [1.807, 2.05) is 25.1 Å². The topological polar surface area (TPSA) is 148 Å². The van der Waals surface area contributed by atoms with Crippen LogP contribution < -0.4 is 11.2 Å². The van der Waals surface area contributed by atoms with E-state index in [2.05, 4.69) is 4.98 Å². The highest BCUT2D eigenvalue weighted by molar-refractivity contribution is 7.22. The molecule has 1 saturated carbocycles. The zero-order valence-electron chi connectivity index (χ0n) is 22.9. The highest BCUT2D eigenvalue weighted by Crippen LogP contribution is 2.41. The Hall–Kier alpha value is -3.54. The SMILES string of the molecule is Cc1c(-c2ncco2)sc2c1c(=O)n(C(C)(C)C(=O)O)c(=O)n2C[C@H](O)c1ccccc1C1CCC[C@](C)(O)C1. The third kappa shape index (κ3) is 4.71. The number of aromatic nitrogens is 3. The molecule has 3 heterocycles. The molecule has 1 aliphatic carbocycles. The number of carboxylic acids is 1. The molecule has 0 amide bonds. The number of hydrogen-bond donors (Lipinski definition) is 3. The van der Waals surface area contributed by atoms with E-state index in [0.29, 0.717) is 33.7 Å². The number of aliphatic hydroxyl groups is 2. The largest absolute Gasteiger partial charge is 0.480 e. The van der Waals surface area contributed by atoms with Gasteiger partial charge in [0.2, 0.25) is 5.89 Å². The number of oxazole rings is 1. The summed E-state index contributed by atoms with van der Waals surface area (Å²) in [7, 11) is 0. The Kier molecular flexibility index (Phi) is 7.10. The van der Waals surface area contributed by atoms with Crippen molar-refractivity contribution in [1.82, 2.24) is 14.1 Å². The van der Waals surface area contributed by atoms with Crippen molar-refractivity contribution in [2.45, 2.75) is 83.1 Å². The van der Waals surface area contributed by atoms with E-state index in [4.69, 9.17) is 4.42 Å². The molecule has 1 fully saturated rings. The summed E-state index contributed by atoms with van der Waals surface area (Å²) in [6.45, 7) is 5.91. The fourth-order valence-corrected chi connectivity index (χ4v) is 7.06. The fourth-order valence-electron chi connectivity index (χ4n) is 5.82. The zero-order chi connectivity index (χ0) is 29.0. The standard InChI is InChI=1S/C29H33N3O7S/c1-16-21-24(34)32(28(2,3)26(35)36)27(37)31(25(21)40-22(16)23-30-12-13-39-23)15-20(33)19-10-6-5-9-18(19)17-8-7-11-29(4,38)14-17/h5-6,9-10,12-13,17,20,33,38H,7-8,11,14-15H2,1-4H3,(H,35,36)/t17?,20-,29-/m0/s1. The lowest BCUT2D eigenvalue weighted by molar-refractivity contribution is -0.146. The van der Waals surface area contributed by atoms with Gasteiger partial charge >= 0.3 is 11.7 Å². The molecule has 10 nitrogen and oxygen atoms in total. The van der Waals surface area contributed by atoms with Crippen molar-refractivity contribution in [3.05, 3.63) is 74.3 Å². The number of aryl methyl sites for hydroxylation is 1. The molecule has 11 heteroatoms. The van der Waals surface area contributed by atoms with Crippen LogP contribution in [0, 0.1) is 6.92 Å². The molecule has 0 radical (unpaired) electrons. The number of fused-ring (bicyclic) bond motifs is 1. The van der Waals surface area contributed by atoms with Crippen molar-refractivity contribution in [2.24, 2.45) is 0 Å². The summed E-state index contributed by atoms with van der Waals surface area (Å²) in [5.74, 6) is -1.03. The Bertz CT molecular complexity index is 1690. The summed E-state index contributed by atoms with van der Waals surface area (Å²) in [6.07, 6.45) is 4.73. The van der Waals surface area contributed by atoms with Crippen molar-refractivity contribution in [3.8, 4) is 10.8 Å². The Morgan fingerprint density at radius 3 is 2.67 bits per heavy atom. The average Bonchev–Trinajstić information content (AvgIpc) is 3.54. The van der Waals surface area contributed by atoms with Crippen molar-refractivity contribution in [3.63, 3.8) is 0 Å². The van der Waals surface area contributed by atoms with Crippen molar-refractivity contribution < 1.29 is 24.5 Å². The van der Waals surface area contributed by atoms with Crippen LogP contribution in [-0.2, 0) is 16.9 Å². The van der Waals surface area contributed by atoms with Gasteiger partial charge in [-0.1, -0.05) is 24.3 Å². The van der Waals surface area contributed by atoms with Crippen molar-refractivity contribution in [1.29, 1.82) is 0 Å². The summed E-state index contributed by atoms with van der Waals surface area (Å²) < 4.78 is 7.49. The van der Waals surface area contributed by atoms with Gasteiger partial charge in [0.15, 0.2) is 0 Å². The summed E-state index contributed by atoms with van der Waals surface area (Å²) in [5, 5.41) is 32.4. The van der Waals surface area contributed by atoms with Gasteiger partial charge in [0.25, 0.3) is 5.56 Å². The lowest BCUT2D eigenvalue weighted by Gasteiger charge is -2.35. The molecule has 3 atom stereocenters. The predicted octanol–water partition coefficient (Wildman–Crippen LogP) is 4.15. The molecular formula is C29H33N3O7S. The molecule has 3 N–H and O–H groups in total. The third-order valence-electron chi connectivity index (χ3n) is 8.03. The van der Waals surface area contributed by atoms with Crippen LogP contribution in [0.1, 0.15) is 75.2 Å². The van der Waals surface area contributed by atoms with E-state index in [9.17, 15) is 29.7 Å². The number of rotatable bonds is 7. The molecule has 4 aromatic rings. The first-order valence-electron chi connectivity index (χ1n) is 13.3. The lowest BCUT2D eigenvalue weighted by Crippen LogP contribution is -2.52. The molecule has 1 unspecified atom stereocenters. The average molecular weight is 568 g/mol. The number of carboxylic acid groups (broad SMARTS) is 1. The first-order chi connectivity index (χ1) is 18.8. The van der Waals surface area contributed by atoms with Crippen LogP contribution >= 0.6 is 11.3 Å². The second-order valence-electron chi connectivity index (χ2n) is 11.4. The Morgan fingerprint density at radius 1 is 1.30 bits per heavy atom. The zero-order valence-corrected chi connectivity index (χ0v) is 23.7. The fraction of sp³-hybridized carbons (Fsp3) is 0.448. The molecule has 0 spiro atoms. The monoisotopic (exact) mass is 567 g/mol. The number of thiophene rings is 1. The smallest absolute Gasteiger partial charge is 0.333 e. The second kappa shape index (κ2) is 10.1. The molecule has 0 aliphatic heterocycles. The molecule has 1 aliphatic rings. The molecule has 0 saturated heterocycles. The number of benzene rings is 1. The summed E-state index contributed by atoms with van der Waals surface area (Å²) in [6, 6.07) is 7.44. The van der Waals surface area contributed by atoms with Crippen molar-refractivity contribution in [2.75, 3.05) is 0 Å². The Balaban J connectivity index is 1.69. The number of nitrogens with zero attached hydrogens (tertiary/aromatic N) is 3. The predicted molar refractivity (Wildman–Crippen MR) is 151 cm³/mol. The molecule has 0 bridgehead atoms. The molecule has 212 valence electrons. The van der Waals surface area contributed by atoms with Gasteiger partial charge < -0.3 is 19.7 Å². The minimum absolute atomic E-state index is 0.0341. The highest BCUT2D eigenvalue weighted by Gasteiger charge is 2.36. The van der Waals surface area contributed by atoms with Crippen molar-refractivity contribution >= 4 is 27.5 Å². The second-order valence-corrected chi connectivity index (χ2v) is 12.4. The van der Waals surface area contributed by atoms with E-state index in [1.54, 1.807) is 13.0 Å². The molecular weight excluding hydrogens is 534 g/mol. The van der Waals surface area contributed by atoms with Gasteiger partial charge in [-0.2, -0.15) is 0 Å². The maximum atomic E-state index is 13.9. The summed E-state index contributed by atoms with van der Waals surface area (Å²) in [4.78, 5) is 44.8. The highest BCUT2D eigenvalue weighted by atomic mass is 32.1. The molecule has 1 aromatic carbocycles. The van der Waals surface area contributed by atoms with Crippen LogP contribution in [0.3, 0.4) is 0 Å². The van der Waals surface area contributed by atoms with Crippen LogP contribution in [0.25, 0.3) is 21.0 Å². The number of aliphatic carboxylic acids is 1. The van der Waals surface area contributed by atoms with Gasteiger partial charge in [-0.25, -0.2) is 19.1 Å². The Labute approximate surface area is 234 Å². The normalized spacial score (nSPS) is 20.6. The van der Waals surface area contributed by atoms with E-state index < -0.39 is 34.5 Å².